The number of carbonyl (C=O) groups is 1. The Morgan fingerprint density at radius 3 is 2.80 bits per heavy atom. The fourth-order valence-electron chi connectivity index (χ4n) is 6.27. The summed E-state index contributed by atoms with van der Waals surface area (Å²) in [5, 5.41) is 11.9. The standard InChI is InChI=1S/C23H30N2O5/c1-28-13-4-5-14-15-6-7-25-11-12-8-19(26)22(29-2)20(23(27)30-3)16(12)10-18(25)21(15)24-17(14)9-13/h4-5,9,12,16,18-20,22,24,26H,6-8,10-11H2,1-3H3/t12-,16+,18+,19+,20+,22-/m0/s1. The minimum Gasteiger partial charge on any atom is -0.497 e. The van der Waals surface area contributed by atoms with Crippen molar-refractivity contribution in [1.82, 2.24) is 9.88 Å². The Bertz CT molecular complexity index is 956. The molecule has 162 valence electrons. The first-order chi connectivity index (χ1) is 14.5. The Balaban J connectivity index is 1.52. The molecule has 7 nitrogen and oxygen atoms in total. The second kappa shape index (κ2) is 7.55. The molecule has 0 unspecified atom stereocenters. The molecule has 1 aromatic carbocycles. The predicted molar refractivity (Wildman–Crippen MR) is 111 cm³/mol. The molecule has 1 saturated carbocycles. The van der Waals surface area contributed by atoms with Crippen molar-refractivity contribution < 1.29 is 24.1 Å². The lowest BCUT2D eigenvalue weighted by molar-refractivity contribution is -0.175. The van der Waals surface area contributed by atoms with Crippen LogP contribution in [0.15, 0.2) is 18.2 Å². The van der Waals surface area contributed by atoms with Crippen molar-refractivity contribution in [2.75, 3.05) is 34.4 Å². The number of aromatic amines is 1. The molecule has 1 aromatic heterocycles. The van der Waals surface area contributed by atoms with Gasteiger partial charge in [-0.1, -0.05) is 0 Å². The molecule has 3 heterocycles. The predicted octanol–water partition coefficient (Wildman–Crippen LogP) is 2.28. The number of nitrogens with zero attached hydrogens (tertiary/aromatic N) is 1. The smallest absolute Gasteiger partial charge is 0.311 e. The summed E-state index contributed by atoms with van der Waals surface area (Å²) in [7, 11) is 4.68. The molecule has 0 amide bonds. The number of H-pyrrole nitrogens is 1. The van der Waals surface area contributed by atoms with Gasteiger partial charge in [-0.2, -0.15) is 0 Å². The first-order valence-corrected chi connectivity index (χ1v) is 10.8. The molecule has 1 aliphatic carbocycles. The Morgan fingerprint density at radius 2 is 2.07 bits per heavy atom. The van der Waals surface area contributed by atoms with Gasteiger partial charge in [0.15, 0.2) is 0 Å². The number of benzene rings is 1. The normalized spacial score (nSPS) is 33.5. The monoisotopic (exact) mass is 414 g/mol. The molecular formula is C23H30N2O5. The van der Waals surface area contributed by atoms with Crippen LogP contribution < -0.4 is 4.74 Å². The Morgan fingerprint density at radius 1 is 1.23 bits per heavy atom. The number of piperidine rings is 1. The third-order valence-corrected chi connectivity index (χ3v) is 7.62. The van der Waals surface area contributed by atoms with E-state index in [4.69, 9.17) is 14.2 Å². The summed E-state index contributed by atoms with van der Waals surface area (Å²) >= 11 is 0. The van der Waals surface area contributed by atoms with Gasteiger partial charge in [0.2, 0.25) is 0 Å². The van der Waals surface area contributed by atoms with E-state index in [0.29, 0.717) is 6.42 Å². The molecule has 30 heavy (non-hydrogen) atoms. The van der Waals surface area contributed by atoms with Gasteiger partial charge in [-0.15, -0.1) is 0 Å². The second-order valence-corrected chi connectivity index (χ2v) is 8.90. The maximum absolute atomic E-state index is 12.7. The van der Waals surface area contributed by atoms with Crippen LogP contribution in [0, 0.1) is 17.8 Å². The van der Waals surface area contributed by atoms with Crippen molar-refractivity contribution in [2.45, 2.75) is 37.5 Å². The maximum Gasteiger partial charge on any atom is 0.311 e. The van der Waals surface area contributed by atoms with E-state index >= 15 is 0 Å². The van der Waals surface area contributed by atoms with E-state index in [1.54, 1.807) is 14.2 Å². The molecule has 1 saturated heterocycles. The molecule has 7 heteroatoms. The van der Waals surface area contributed by atoms with Gasteiger partial charge in [0, 0.05) is 42.9 Å². The third-order valence-electron chi connectivity index (χ3n) is 7.62. The fourth-order valence-corrected chi connectivity index (χ4v) is 6.27. The second-order valence-electron chi connectivity index (χ2n) is 8.90. The van der Waals surface area contributed by atoms with Crippen molar-refractivity contribution >= 4 is 16.9 Å². The zero-order chi connectivity index (χ0) is 21.0. The van der Waals surface area contributed by atoms with Crippen LogP contribution in [0.25, 0.3) is 10.9 Å². The van der Waals surface area contributed by atoms with E-state index in [-0.39, 0.29) is 23.8 Å². The third kappa shape index (κ3) is 2.94. The number of nitrogens with one attached hydrogen (secondary N) is 1. The molecule has 2 aromatic rings. The summed E-state index contributed by atoms with van der Waals surface area (Å²) in [5.74, 6) is 0.514. The molecule has 3 aliphatic rings. The molecule has 2 aliphatic heterocycles. The van der Waals surface area contributed by atoms with E-state index < -0.39 is 18.1 Å². The van der Waals surface area contributed by atoms with Crippen molar-refractivity contribution in [2.24, 2.45) is 17.8 Å². The lowest BCUT2D eigenvalue weighted by Crippen LogP contribution is -2.57. The number of hydrogen-bond acceptors (Lipinski definition) is 6. The van der Waals surface area contributed by atoms with Gasteiger partial charge >= 0.3 is 5.97 Å². The largest absolute Gasteiger partial charge is 0.497 e. The first-order valence-electron chi connectivity index (χ1n) is 10.8. The summed E-state index contributed by atoms with van der Waals surface area (Å²) in [6.07, 6.45) is 1.36. The van der Waals surface area contributed by atoms with E-state index in [1.807, 2.05) is 6.07 Å². The van der Waals surface area contributed by atoms with E-state index in [1.165, 1.54) is 23.8 Å². The molecule has 0 radical (unpaired) electrons. The molecule has 0 spiro atoms. The van der Waals surface area contributed by atoms with Crippen LogP contribution in [-0.4, -0.2) is 67.6 Å². The van der Waals surface area contributed by atoms with Crippen LogP contribution in [0.1, 0.15) is 30.1 Å². The molecule has 2 N–H and O–H groups in total. The highest BCUT2D eigenvalue weighted by Gasteiger charge is 2.53. The van der Waals surface area contributed by atoms with Crippen LogP contribution >= 0.6 is 0 Å². The minimum absolute atomic E-state index is 0.124. The van der Waals surface area contributed by atoms with E-state index in [2.05, 4.69) is 22.0 Å². The number of aliphatic hydroxyl groups is 1. The summed E-state index contributed by atoms with van der Waals surface area (Å²) in [6, 6.07) is 6.44. The van der Waals surface area contributed by atoms with Gasteiger partial charge in [-0.05, 0) is 48.8 Å². The van der Waals surface area contributed by atoms with Gasteiger partial charge < -0.3 is 24.3 Å². The number of aromatic nitrogens is 1. The minimum atomic E-state index is -0.641. The number of esters is 1. The van der Waals surface area contributed by atoms with Crippen molar-refractivity contribution in [3.63, 3.8) is 0 Å². The Kier molecular flexibility index (Phi) is 5.00. The lowest BCUT2D eigenvalue weighted by atomic mass is 9.64. The van der Waals surface area contributed by atoms with Gasteiger partial charge in [0.1, 0.15) is 5.75 Å². The Hall–Kier alpha value is -2.09. The number of ether oxygens (including phenoxy) is 3. The summed E-state index contributed by atoms with van der Waals surface area (Å²) in [6.45, 7) is 1.88. The average Bonchev–Trinajstić information content (AvgIpc) is 3.14. The van der Waals surface area contributed by atoms with Crippen molar-refractivity contribution in [3.05, 3.63) is 29.5 Å². The molecule has 0 bridgehead atoms. The zero-order valence-corrected chi connectivity index (χ0v) is 17.8. The zero-order valence-electron chi connectivity index (χ0n) is 17.8. The van der Waals surface area contributed by atoms with Gasteiger partial charge in [-0.25, -0.2) is 0 Å². The number of aliphatic hydroxyl groups excluding tert-OH is 1. The van der Waals surface area contributed by atoms with Crippen molar-refractivity contribution in [3.8, 4) is 5.75 Å². The van der Waals surface area contributed by atoms with Gasteiger partial charge in [0.05, 0.1) is 38.4 Å². The van der Waals surface area contributed by atoms with E-state index in [9.17, 15) is 9.90 Å². The molecule has 2 fully saturated rings. The molecule has 6 atom stereocenters. The molecular weight excluding hydrogens is 384 g/mol. The summed E-state index contributed by atoms with van der Waals surface area (Å²) < 4.78 is 16.1. The maximum atomic E-state index is 12.7. The summed E-state index contributed by atoms with van der Waals surface area (Å²) in [4.78, 5) is 18.9. The number of methoxy groups -OCH3 is 3. The first kappa shape index (κ1) is 19.8. The number of carbonyl (C=O) groups excluding carboxylic acids is 1. The van der Waals surface area contributed by atoms with Crippen LogP contribution in [0.5, 0.6) is 5.75 Å². The highest BCUT2D eigenvalue weighted by molar-refractivity contribution is 5.86. The quantitative estimate of drug-likeness (QED) is 0.750. The van der Waals surface area contributed by atoms with Gasteiger partial charge in [-0.3, -0.25) is 9.69 Å². The van der Waals surface area contributed by atoms with E-state index in [0.717, 1.165) is 37.2 Å². The highest BCUT2D eigenvalue weighted by atomic mass is 16.5. The highest BCUT2D eigenvalue weighted by Crippen LogP contribution is 2.50. The average molecular weight is 415 g/mol. The molecule has 5 rings (SSSR count). The fraction of sp³-hybridized carbons (Fsp3) is 0.609. The van der Waals surface area contributed by atoms with Crippen molar-refractivity contribution in [1.29, 1.82) is 0 Å². The Labute approximate surface area is 176 Å². The number of hydrogen-bond donors (Lipinski definition) is 2. The van der Waals surface area contributed by atoms with Gasteiger partial charge in [0.25, 0.3) is 0 Å². The lowest BCUT2D eigenvalue weighted by Gasteiger charge is -2.52. The number of rotatable bonds is 3. The SMILES string of the molecule is COC(=O)[C@@H]1[C@@H]2C[C@@H]3c4[nH]c5cc(OC)ccc5c4CCN3C[C@@H]2C[C@@H](O)[C@@H]1OC. The number of fused-ring (bicyclic) bond motifs is 6. The topological polar surface area (TPSA) is 84.0 Å². The van der Waals surface area contributed by atoms with Crippen LogP contribution in [-0.2, 0) is 20.7 Å². The van der Waals surface area contributed by atoms with Crippen LogP contribution in [0.4, 0.5) is 0 Å². The van der Waals surface area contributed by atoms with Crippen LogP contribution in [0.3, 0.4) is 0 Å². The van der Waals surface area contributed by atoms with Crippen LogP contribution in [0.2, 0.25) is 0 Å². The summed E-state index contributed by atoms with van der Waals surface area (Å²) in [5.41, 5.74) is 3.73.